The summed E-state index contributed by atoms with van der Waals surface area (Å²) in [5.74, 6) is -0.795. The first-order valence-corrected chi connectivity index (χ1v) is 14.7. The van der Waals surface area contributed by atoms with Gasteiger partial charge in [-0.3, -0.25) is 13.9 Å². The van der Waals surface area contributed by atoms with Crippen LogP contribution in [0.5, 0.6) is 0 Å². The van der Waals surface area contributed by atoms with Crippen LogP contribution in [0.1, 0.15) is 42.5 Å². The molecule has 1 N–H and O–H groups in total. The van der Waals surface area contributed by atoms with E-state index in [0.29, 0.717) is 22.8 Å². The van der Waals surface area contributed by atoms with Crippen LogP contribution in [0, 0.1) is 20.8 Å². The summed E-state index contributed by atoms with van der Waals surface area (Å²) in [7, 11) is -4.13. The number of rotatable bonds is 11. The maximum absolute atomic E-state index is 14.0. The second kappa shape index (κ2) is 13.1. The van der Waals surface area contributed by atoms with Crippen molar-refractivity contribution in [3.63, 3.8) is 0 Å². The fraction of sp³-hybridized carbons (Fsp3) is 0.333. The molecule has 0 spiro atoms. The third-order valence-electron chi connectivity index (χ3n) is 6.63. The molecule has 0 aliphatic heterocycles. The van der Waals surface area contributed by atoms with Crippen LogP contribution in [0.25, 0.3) is 0 Å². The zero-order valence-electron chi connectivity index (χ0n) is 23.1. The summed E-state index contributed by atoms with van der Waals surface area (Å²) >= 11 is 6.16. The summed E-state index contributed by atoms with van der Waals surface area (Å²) in [4.78, 5) is 28.5. The summed E-state index contributed by atoms with van der Waals surface area (Å²) in [6.07, 6.45) is 0.753. The molecular weight excluding hydrogens is 534 g/mol. The maximum atomic E-state index is 14.0. The molecule has 7 nitrogen and oxygen atoms in total. The van der Waals surface area contributed by atoms with E-state index in [2.05, 4.69) is 5.32 Å². The van der Waals surface area contributed by atoms with Crippen LogP contribution in [0.3, 0.4) is 0 Å². The molecule has 9 heteroatoms. The number of hydrogen-bond donors (Lipinski definition) is 1. The number of aryl methyl sites for hydroxylation is 3. The molecule has 0 saturated carbocycles. The fourth-order valence-electron chi connectivity index (χ4n) is 4.20. The molecular formula is C30H36ClN3O4S. The third kappa shape index (κ3) is 7.40. The number of anilines is 1. The van der Waals surface area contributed by atoms with Crippen molar-refractivity contribution in [3.8, 4) is 0 Å². The van der Waals surface area contributed by atoms with Crippen LogP contribution in [0.2, 0.25) is 5.02 Å². The molecule has 0 unspecified atom stereocenters. The van der Waals surface area contributed by atoms with Crippen molar-refractivity contribution in [3.05, 3.63) is 94.0 Å². The second-order valence-electron chi connectivity index (χ2n) is 9.67. The van der Waals surface area contributed by atoms with Crippen LogP contribution < -0.4 is 9.62 Å². The van der Waals surface area contributed by atoms with Gasteiger partial charge >= 0.3 is 0 Å². The first-order chi connectivity index (χ1) is 18.4. The molecule has 0 heterocycles. The summed E-state index contributed by atoms with van der Waals surface area (Å²) in [6, 6.07) is 18.1. The number of carbonyl (C=O) groups excluding carboxylic acids is 2. The first-order valence-electron chi connectivity index (χ1n) is 12.9. The maximum Gasteiger partial charge on any atom is 0.264 e. The van der Waals surface area contributed by atoms with Gasteiger partial charge in [-0.15, -0.1) is 0 Å². The van der Waals surface area contributed by atoms with Gasteiger partial charge in [0, 0.05) is 18.1 Å². The minimum atomic E-state index is -4.13. The van der Waals surface area contributed by atoms with Crippen molar-refractivity contribution in [2.24, 2.45) is 0 Å². The van der Waals surface area contributed by atoms with Crippen molar-refractivity contribution in [2.75, 3.05) is 17.4 Å². The monoisotopic (exact) mass is 569 g/mol. The van der Waals surface area contributed by atoms with Gasteiger partial charge in [0.15, 0.2) is 0 Å². The molecule has 1 atom stereocenters. The Balaban J connectivity index is 2.06. The second-order valence-corrected chi connectivity index (χ2v) is 12.0. The molecule has 3 aromatic rings. The summed E-state index contributed by atoms with van der Waals surface area (Å²) in [5, 5.41) is 3.31. The molecule has 0 radical (unpaired) electrons. The Morgan fingerprint density at radius 2 is 1.62 bits per heavy atom. The topological polar surface area (TPSA) is 86.8 Å². The van der Waals surface area contributed by atoms with Gasteiger partial charge in [-0.05, 0) is 81.1 Å². The number of benzene rings is 3. The summed E-state index contributed by atoms with van der Waals surface area (Å²) in [6.45, 7) is 9.31. The van der Waals surface area contributed by atoms with Gasteiger partial charge in [0.05, 0.1) is 10.6 Å². The van der Waals surface area contributed by atoms with Crippen LogP contribution >= 0.6 is 11.6 Å². The van der Waals surface area contributed by atoms with Gasteiger partial charge in [0.2, 0.25) is 11.8 Å². The van der Waals surface area contributed by atoms with Gasteiger partial charge in [0.1, 0.15) is 12.6 Å². The van der Waals surface area contributed by atoms with Gasteiger partial charge < -0.3 is 10.2 Å². The lowest BCUT2D eigenvalue weighted by molar-refractivity contribution is -0.139. The van der Waals surface area contributed by atoms with E-state index in [9.17, 15) is 18.0 Å². The van der Waals surface area contributed by atoms with Crippen LogP contribution in [0.15, 0.2) is 71.6 Å². The molecule has 208 valence electrons. The number of halogens is 1. The van der Waals surface area contributed by atoms with Gasteiger partial charge in [-0.25, -0.2) is 8.42 Å². The number of nitrogens with one attached hydrogen (secondary N) is 1. The van der Waals surface area contributed by atoms with Crippen molar-refractivity contribution < 1.29 is 18.0 Å². The highest BCUT2D eigenvalue weighted by Gasteiger charge is 2.33. The number of hydrogen-bond acceptors (Lipinski definition) is 4. The minimum Gasteiger partial charge on any atom is -0.354 e. The Bertz CT molecular complexity index is 1420. The average molecular weight is 570 g/mol. The van der Waals surface area contributed by atoms with E-state index < -0.39 is 28.5 Å². The van der Waals surface area contributed by atoms with E-state index in [1.54, 1.807) is 44.2 Å². The zero-order valence-corrected chi connectivity index (χ0v) is 24.6. The number of nitrogens with zero attached hydrogens (tertiary/aromatic N) is 2. The van der Waals surface area contributed by atoms with E-state index in [0.717, 1.165) is 27.4 Å². The first kappa shape index (κ1) is 30.2. The Morgan fingerprint density at radius 1 is 0.949 bits per heavy atom. The molecule has 2 amide bonds. The van der Waals surface area contributed by atoms with Gasteiger partial charge in [-0.2, -0.15) is 0 Å². The van der Waals surface area contributed by atoms with Crippen molar-refractivity contribution in [1.82, 2.24) is 10.2 Å². The van der Waals surface area contributed by atoms with Gasteiger partial charge in [0.25, 0.3) is 10.0 Å². The van der Waals surface area contributed by atoms with Crippen molar-refractivity contribution in [2.45, 2.75) is 58.5 Å². The smallest absolute Gasteiger partial charge is 0.264 e. The predicted molar refractivity (Wildman–Crippen MR) is 156 cm³/mol. The standard InChI is InChI=1S/C30H36ClN3O4S/c1-6-17-32-30(36)24(5)33(19-25-10-8-7-9-22(25)3)29(35)20-34(28-16-13-26(31)18-23(28)4)39(37,38)27-14-11-21(2)12-15-27/h7-16,18,24H,6,17,19-20H2,1-5H3,(H,32,36)/t24-/m0/s1. The quantitative estimate of drug-likeness (QED) is 0.335. The van der Waals surface area contributed by atoms with Crippen LogP contribution in [-0.4, -0.2) is 44.3 Å². The Labute approximate surface area is 236 Å². The van der Waals surface area contributed by atoms with Crippen LogP contribution in [-0.2, 0) is 26.2 Å². The number of sulfonamides is 1. The van der Waals surface area contributed by atoms with E-state index >= 15 is 0 Å². The third-order valence-corrected chi connectivity index (χ3v) is 8.64. The molecule has 0 aliphatic carbocycles. The largest absolute Gasteiger partial charge is 0.354 e. The Hall–Kier alpha value is -3.36. The fourth-order valence-corrected chi connectivity index (χ4v) is 5.90. The van der Waals surface area contributed by atoms with E-state index in [1.165, 1.54) is 17.0 Å². The van der Waals surface area contributed by atoms with Crippen LogP contribution in [0.4, 0.5) is 5.69 Å². The average Bonchev–Trinajstić information content (AvgIpc) is 2.90. The lowest BCUT2D eigenvalue weighted by atomic mass is 10.1. The number of carbonyl (C=O) groups is 2. The predicted octanol–water partition coefficient (Wildman–Crippen LogP) is 5.40. The lowest BCUT2D eigenvalue weighted by Crippen LogP contribution is -2.51. The normalized spacial score (nSPS) is 12.1. The molecule has 0 saturated heterocycles. The minimum absolute atomic E-state index is 0.0643. The van der Waals surface area contributed by atoms with Crippen molar-refractivity contribution >= 4 is 39.1 Å². The molecule has 0 aromatic heterocycles. The molecule has 3 aromatic carbocycles. The van der Waals surface area contributed by atoms with E-state index in [1.807, 2.05) is 45.0 Å². The SMILES string of the molecule is CCCNC(=O)[C@H](C)N(Cc1ccccc1C)C(=O)CN(c1ccc(Cl)cc1C)S(=O)(=O)c1ccc(C)cc1. The highest BCUT2D eigenvalue weighted by Crippen LogP contribution is 2.29. The van der Waals surface area contributed by atoms with E-state index in [-0.39, 0.29) is 17.3 Å². The zero-order chi connectivity index (χ0) is 28.7. The van der Waals surface area contributed by atoms with Crippen molar-refractivity contribution in [1.29, 1.82) is 0 Å². The lowest BCUT2D eigenvalue weighted by Gasteiger charge is -2.32. The van der Waals surface area contributed by atoms with E-state index in [4.69, 9.17) is 11.6 Å². The summed E-state index contributed by atoms with van der Waals surface area (Å²) < 4.78 is 29.0. The highest BCUT2D eigenvalue weighted by atomic mass is 35.5. The molecule has 0 aliphatic rings. The summed E-state index contributed by atoms with van der Waals surface area (Å²) in [5.41, 5.74) is 3.69. The Kier molecular flexibility index (Phi) is 10.2. The molecule has 3 rings (SSSR count). The Morgan fingerprint density at radius 3 is 2.23 bits per heavy atom. The molecule has 0 fully saturated rings. The molecule has 39 heavy (non-hydrogen) atoms. The van der Waals surface area contributed by atoms with Gasteiger partial charge in [-0.1, -0.05) is 60.5 Å². The number of amides is 2. The highest BCUT2D eigenvalue weighted by molar-refractivity contribution is 7.92. The molecule has 0 bridgehead atoms.